The van der Waals surface area contributed by atoms with Crippen molar-refractivity contribution in [3.63, 3.8) is 0 Å². The topological polar surface area (TPSA) is 57.5 Å². The average molecular weight is 265 g/mol. The van der Waals surface area contributed by atoms with Crippen molar-refractivity contribution in [1.82, 2.24) is 0 Å². The quantitative estimate of drug-likeness (QED) is 0.879. The lowest BCUT2D eigenvalue weighted by Crippen LogP contribution is -2.50. The SMILES string of the molecule is CCC(O)(c1cccc(Cl)c1)C(F)(F)C(=O)O. The fourth-order valence-electron chi connectivity index (χ4n) is 1.53. The van der Waals surface area contributed by atoms with Crippen LogP contribution in [0.15, 0.2) is 24.3 Å². The summed E-state index contributed by atoms with van der Waals surface area (Å²) in [5.41, 5.74) is -3.00. The summed E-state index contributed by atoms with van der Waals surface area (Å²) < 4.78 is 27.0. The minimum absolute atomic E-state index is 0.149. The lowest BCUT2D eigenvalue weighted by Gasteiger charge is -2.32. The Morgan fingerprint density at radius 3 is 2.47 bits per heavy atom. The van der Waals surface area contributed by atoms with Crippen molar-refractivity contribution in [3.8, 4) is 0 Å². The van der Waals surface area contributed by atoms with Gasteiger partial charge in [0.15, 0.2) is 5.60 Å². The second-order valence-corrected chi connectivity index (χ2v) is 4.04. The van der Waals surface area contributed by atoms with Gasteiger partial charge in [-0.2, -0.15) is 8.78 Å². The summed E-state index contributed by atoms with van der Waals surface area (Å²) in [6.45, 7) is 1.28. The molecule has 1 aromatic carbocycles. The van der Waals surface area contributed by atoms with Crippen molar-refractivity contribution in [2.45, 2.75) is 24.9 Å². The minimum atomic E-state index is -4.29. The van der Waals surface area contributed by atoms with Gasteiger partial charge in [0.25, 0.3) is 0 Å². The first-order valence-electron chi connectivity index (χ1n) is 4.85. The highest BCUT2D eigenvalue weighted by molar-refractivity contribution is 6.30. The van der Waals surface area contributed by atoms with E-state index in [0.717, 1.165) is 6.07 Å². The van der Waals surface area contributed by atoms with Gasteiger partial charge in [-0.05, 0) is 24.1 Å². The van der Waals surface area contributed by atoms with Crippen LogP contribution in [0.3, 0.4) is 0 Å². The van der Waals surface area contributed by atoms with E-state index in [2.05, 4.69) is 0 Å². The number of benzene rings is 1. The van der Waals surface area contributed by atoms with Crippen molar-refractivity contribution >= 4 is 17.6 Å². The van der Waals surface area contributed by atoms with E-state index in [0.29, 0.717) is 0 Å². The lowest BCUT2D eigenvalue weighted by atomic mass is 9.85. The Morgan fingerprint density at radius 2 is 2.06 bits per heavy atom. The summed E-state index contributed by atoms with van der Waals surface area (Å²) in [6.07, 6.45) is -0.452. The van der Waals surface area contributed by atoms with Gasteiger partial charge in [-0.3, -0.25) is 0 Å². The molecule has 0 bridgehead atoms. The highest BCUT2D eigenvalue weighted by Crippen LogP contribution is 2.41. The maximum Gasteiger partial charge on any atom is 0.378 e. The Morgan fingerprint density at radius 1 is 1.47 bits per heavy atom. The molecule has 17 heavy (non-hydrogen) atoms. The molecule has 0 saturated carbocycles. The number of aliphatic hydroxyl groups is 1. The van der Waals surface area contributed by atoms with Crippen molar-refractivity contribution in [2.75, 3.05) is 0 Å². The first kappa shape index (κ1) is 13.9. The zero-order valence-electron chi connectivity index (χ0n) is 8.95. The Bertz CT molecular complexity index is 436. The number of halogens is 3. The molecule has 0 spiro atoms. The molecule has 0 aliphatic heterocycles. The van der Waals surface area contributed by atoms with Gasteiger partial charge >= 0.3 is 11.9 Å². The van der Waals surface area contributed by atoms with Crippen LogP contribution in [0.5, 0.6) is 0 Å². The molecule has 94 valence electrons. The zero-order chi connectivity index (χ0) is 13.3. The van der Waals surface area contributed by atoms with Crippen LogP contribution in [0.2, 0.25) is 5.02 Å². The van der Waals surface area contributed by atoms with Crippen molar-refractivity contribution < 1.29 is 23.8 Å². The van der Waals surface area contributed by atoms with Crippen molar-refractivity contribution in [2.24, 2.45) is 0 Å². The molecule has 0 aromatic heterocycles. The number of aliphatic carboxylic acids is 1. The maximum absolute atomic E-state index is 13.5. The summed E-state index contributed by atoms with van der Waals surface area (Å²) in [5, 5.41) is 18.6. The standard InChI is InChI=1S/C11H11ClF2O3/c1-2-10(17,11(13,14)9(15)16)7-4-3-5-8(12)6-7/h3-6,17H,2H2,1H3,(H,15,16). The van der Waals surface area contributed by atoms with Crippen LogP contribution in [-0.2, 0) is 10.4 Å². The third-order valence-corrected chi connectivity index (χ3v) is 2.84. The zero-order valence-corrected chi connectivity index (χ0v) is 9.71. The number of carbonyl (C=O) groups is 1. The molecular formula is C11H11ClF2O3. The largest absolute Gasteiger partial charge is 0.477 e. The van der Waals surface area contributed by atoms with E-state index in [-0.39, 0.29) is 10.6 Å². The smallest absolute Gasteiger partial charge is 0.378 e. The van der Waals surface area contributed by atoms with Crippen LogP contribution in [0.25, 0.3) is 0 Å². The number of hydrogen-bond acceptors (Lipinski definition) is 2. The monoisotopic (exact) mass is 264 g/mol. The number of rotatable bonds is 4. The van der Waals surface area contributed by atoms with Crippen LogP contribution >= 0.6 is 11.6 Å². The Balaban J connectivity index is 3.35. The first-order valence-corrected chi connectivity index (χ1v) is 5.23. The third kappa shape index (κ3) is 2.25. The summed E-state index contributed by atoms with van der Waals surface area (Å²) in [5.74, 6) is -6.66. The van der Waals surface area contributed by atoms with Gasteiger partial charge < -0.3 is 10.2 Å². The summed E-state index contributed by atoms with van der Waals surface area (Å²) >= 11 is 5.63. The van der Waals surface area contributed by atoms with Gasteiger partial charge in [0.1, 0.15) is 0 Å². The van der Waals surface area contributed by atoms with Gasteiger partial charge in [-0.25, -0.2) is 4.79 Å². The number of hydrogen-bond donors (Lipinski definition) is 2. The molecule has 0 saturated heterocycles. The van der Waals surface area contributed by atoms with Gasteiger partial charge in [-0.1, -0.05) is 30.7 Å². The van der Waals surface area contributed by atoms with Crippen molar-refractivity contribution in [3.05, 3.63) is 34.9 Å². The molecule has 1 aromatic rings. The van der Waals surface area contributed by atoms with Gasteiger partial charge in [0, 0.05) is 5.02 Å². The lowest BCUT2D eigenvalue weighted by molar-refractivity contribution is -0.213. The van der Waals surface area contributed by atoms with Crippen LogP contribution in [0, 0.1) is 0 Å². The number of carboxylic acids is 1. The molecule has 0 aliphatic carbocycles. The van der Waals surface area contributed by atoms with Crippen LogP contribution in [0.1, 0.15) is 18.9 Å². The van der Waals surface area contributed by atoms with E-state index in [1.54, 1.807) is 0 Å². The minimum Gasteiger partial charge on any atom is -0.477 e. The van der Waals surface area contributed by atoms with E-state index in [1.807, 2.05) is 0 Å². The predicted octanol–water partition coefficient (Wildman–Crippen LogP) is 2.66. The van der Waals surface area contributed by atoms with Gasteiger partial charge in [0.05, 0.1) is 0 Å². The molecule has 1 unspecified atom stereocenters. The molecule has 1 rings (SSSR count). The number of alkyl halides is 2. The highest BCUT2D eigenvalue weighted by Gasteiger charge is 2.58. The third-order valence-electron chi connectivity index (χ3n) is 2.60. The second kappa shape index (κ2) is 4.58. The van der Waals surface area contributed by atoms with E-state index in [9.17, 15) is 18.7 Å². The van der Waals surface area contributed by atoms with Crippen molar-refractivity contribution in [1.29, 1.82) is 0 Å². The molecule has 2 N–H and O–H groups in total. The molecule has 0 fully saturated rings. The second-order valence-electron chi connectivity index (χ2n) is 3.60. The summed E-state index contributed by atoms with van der Waals surface area (Å²) in [6, 6.07) is 5.16. The molecule has 1 atom stereocenters. The molecule has 3 nitrogen and oxygen atoms in total. The molecule has 0 aliphatic rings. The Kier molecular flexibility index (Phi) is 3.74. The molecule has 0 heterocycles. The summed E-state index contributed by atoms with van der Waals surface area (Å²) in [4.78, 5) is 10.5. The number of carboxylic acid groups (broad SMARTS) is 1. The first-order chi connectivity index (χ1) is 7.75. The van der Waals surface area contributed by atoms with E-state index < -0.39 is 23.9 Å². The Hall–Kier alpha value is -1.20. The molecule has 0 amide bonds. The molecule has 0 radical (unpaired) electrons. The van der Waals surface area contributed by atoms with Gasteiger partial charge in [-0.15, -0.1) is 0 Å². The van der Waals surface area contributed by atoms with Crippen LogP contribution in [0.4, 0.5) is 8.78 Å². The normalized spacial score (nSPS) is 15.4. The fourth-order valence-corrected chi connectivity index (χ4v) is 1.72. The Labute approximate surface area is 102 Å². The van der Waals surface area contributed by atoms with Crippen LogP contribution in [-0.4, -0.2) is 22.1 Å². The fraction of sp³-hybridized carbons (Fsp3) is 0.364. The summed E-state index contributed by atoms with van der Waals surface area (Å²) in [7, 11) is 0. The predicted molar refractivity (Wildman–Crippen MR) is 58.2 cm³/mol. The highest BCUT2D eigenvalue weighted by atomic mass is 35.5. The van der Waals surface area contributed by atoms with E-state index >= 15 is 0 Å². The van der Waals surface area contributed by atoms with Crippen LogP contribution < -0.4 is 0 Å². The maximum atomic E-state index is 13.5. The van der Waals surface area contributed by atoms with E-state index in [1.165, 1.54) is 25.1 Å². The average Bonchev–Trinajstić information content (AvgIpc) is 2.27. The van der Waals surface area contributed by atoms with Gasteiger partial charge in [0.2, 0.25) is 0 Å². The van der Waals surface area contributed by atoms with E-state index in [4.69, 9.17) is 16.7 Å². The molecular weight excluding hydrogens is 254 g/mol. The molecule has 6 heteroatoms.